The molecule has 0 unspecified atom stereocenters. The summed E-state index contributed by atoms with van der Waals surface area (Å²) < 4.78 is 16.7. The number of rotatable bonds is 4. The maximum Gasteiger partial charge on any atom is 0.245 e. The van der Waals surface area contributed by atoms with E-state index >= 15 is 0 Å². The van der Waals surface area contributed by atoms with Crippen molar-refractivity contribution in [3.05, 3.63) is 88.7 Å². The zero-order chi connectivity index (χ0) is 20.1. The number of fused-ring (bicyclic) bond motifs is 3. The van der Waals surface area contributed by atoms with Crippen molar-refractivity contribution < 1.29 is 14.0 Å². The third-order valence-corrected chi connectivity index (χ3v) is 6.34. The van der Waals surface area contributed by atoms with E-state index in [1.165, 1.54) is 38.9 Å². The molecule has 0 N–H and O–H groups in total. The Hall–Kier alpha value is -3.27. The highest BCUT2D eigenvalue weighted by Gasteiger charge is 2.28. The summed E-state index contributed by atoms with van der Waals surface area (Å²) in [6.45, 7) is 5.33. The van der Waals surface area contributed by atoms with E-state index in [1.807, 2.05) is 0 Å². The minimum absolute atomic E-state index is 0.769. The summed E-state index contributed by atoms with van der Waals surface area (Å²) in [7, 11) is 0. The van der Waals surface area contributed by atoms with E-state index in [2.05, 4.69) is 77.0 Å². The first-order chi connectivity index (χ1) is 14.8. The predicted molar refractivity (Wildman–Crippen MR) is 116 cm³/mol. The average molecular weight is 397 g/mol. The molecule has 0 aliphatic carbocycles. The number of hydrogen-bond acceptors (Lipinski definition) is 2. The molecule has 30 heavy (non-hydrogen) atoms. The number of nitrogens with zero attached hydrogens (tertiary/aromatic N) is 2. The predicted octanol–water partition coefficient (Wildman–Crippen LogP) is 4.20. The van der Waals surface area contributed by atoms with Gasteiger partial charge in [-0.3, -0.25) is 0 Å². The molecule has 0 spiro atoms. The molecule has 2 aliphatic heterocycles. The van der Waals surface area contributed by atoms with Gasteiger partial charge in [0.15, 0.2) is 11.0 Å². The molecule has 6 rings (SSSR count). The zero-order valence-corrected chi connectivity index (χ0v) is 17.2. The lowest BCUT2D eigenvalue weighted by atomic mass is 9.99. The van der Waals surface area contributed by atoms with Crippen LogP contribution in [0.4, 0.5) is 0 Å². The van der Waals surface area contributed by atoms with Gasteiger partial charge in [0.05, 0.1) is 13.2 Å². The number of imidazole rings is 1. The monoisotopic (exact) mass is 397 g/mol. The largest absolute Gasteiger partial charge is 0.493 e. The second-order valence-electron chi connectivity index (χ2n) is 8.36. The summed E-state index contributed by atoms with van der Waals surface area (Å²) in [6, 6.07) is 19.7. The molecular weight excluding hydrogens is 372 g/mol. The lowest BCUT2D eigenvalue weighted by Crippen LogP contribution is -2.32. The summed E-state index contributed by atoms with van der Waals surface area (Å²) in [6.07, 6.45) is 4.18. The van der Waals surface area contributed by atoms with Crippen LogP contribution in [0, 0.1) is 6.92 Å². The molecule has 3 heterocycles. The van der Waals surface area contributed by atoms with Crippen LogP contribution in [0.3, 0.4) is 0 Å². The van der Waals surface area contributed by atoms with E-state index in [9.17, 15) is 0 Å². The molecule has 3 aromatic carbocycles. The van der Waals surface area contributed by atoms with Crippen molar-refractivity contribution in [3.63, 3.8) is 0 Å². The highest BCUT2D eigenvalue weighted by Crippen LogP contribution is 2.41. The van der Waals surface area contributed by atoms with E-state index < -0.39 is 0 Å². The van der Waals surface area contributed by atoms with E-state index in [1.54, 1.807) is 0 Å². The van der Waals surface area contributed by atoms with Gasteiger partial charge in [0.2, 0.25) is 6.33 Å². The maximum absolute atomic E-state index is 6.08. The fourth-order valence-corrected chi connectivity index (χ4v) is 4.81. The first-order valence-electron chi connectivity index (χ1n) is 10.7. The standard InChI is InChI=1S/C26H25N2O2/c1-18-6-8-19(9-7-18)15-27-17-28(24-5-3-2-4-23(24)27)16-22-21-11-13-29-25(21)14-20-10-12-30-26(20)22/h2-9,14,17H,10-13,15-16H2,1H3/q+1. The molecule has 0 fully saturated rings. The van der Waals surface area contributed by atoms with Crippen LogP contribution < -0.4 is 14.0 Å². The number of ether oxygens (including phenoxy) is 2. The van der Waals surface area contributed by atoms with Crippen molar-refractivity contribution >= 4 is 11.0 Å². The molecule has 0 saturated carbocycles. The van der Waals surface area contributed by atoms with Gasteiger partial charge in [0.25, 0.3) is 0 Å². The molecule has 0 bridgehead atoms. The van der Waals surface area contributed by atoms with Crippen molar-refractivity contribution in [1.82, 2.24) is 4.57 Å². The van der Waals surface area contributed by atoms with Gasteiger partial charge in [-0.05, 0) is 30.7 Å². The Morgan fingerprint density at radius 2 is 1.80 bits per heavy atom. The minimum Gasteiger partial charge on any atom is -0.493 e. The van der Waals surface area contributed by atoms with Crippen LogP contribution in [0.15, 0.2) is 60.9 Å². The normalized spacial score (nSPS) is 14.4. The Balaban J connectivity index is 1.44. The van der Waals surface area contributed by atoms with Crippen LogP contribution in [0.2, 0.25) is 0 Å². The second-order valence-corrected chi connectivity index (χ2v) is 8.36. The van der Waals surface area contributed by atoms with Crippen molar-refractivity contribution in [2.45, 2.75) is 32.9 Å². The molecule has 4 nitrogen and oxygen atoms in total. The van der Waals surface area contributed by atoms with Gasteiger partial charge < -0.3 is 9.47 Å². The van der Waals surface area contributed by atoms with E-state index in [0.717, 1.165) is 50.6 Å². The Labute approximate surface area is 176 Å². The molecule has 0 radical (unpaired) electrons. The Kier molecular flexibility index (Phi) is 4.05. The molecular formula is C26H25N2O2+. The van der Waals surface area contributed by atoms with Crippen LogP contribution in [0.5, 0.6) is 11.5 Å². The number of aryl methyl sites for hydroxylation is 1. The molecule has 4 heteroatoms. The van der Waals surface area contributed by atoms with Gasteiger partial charge in [-0.25, -0.2) is 9.13 Å². The SMILES string of the molecule is Cc1ccc(C[n+]2cn(Cc3c4c(cc5c3OCC5)OCC4)c3ccccc32)cc1. The minimum atomic E-state index is 0.769. The molecule has 2 aliphatic rings. The van der Waals surface area contributed by atoms with E-state index in [0.29, 0.717) is 0 Å². The summed E-state index contributed by atoms with van der Waals surface area (Å²) in [5, 5.41) is 0. The van der Waals surface area contributed by atoms with Gasteiger partial charge in [0.1, 0.15) is 24.6 Å². The molecule has 1 aromatic heterocycles. The highest BCUT2D eigenvalue weighted by molar-refractivity contribution is 5.72. The Morgan fingerprint density at radius 1 is 0.967 bits per heavy atom. The quantitative estimate of drug-likeness (QED) is 0.483. The van der Waals surface area contributed by atoms with Gasteiger partial charge in [-0.1, -0.05) is 42.0 Å². The van der Waals surface area contributed by atoms with Gasteiger partial charge >= 0.3 is 0 Å². The number of aromatic nitrogens is 2. The number of hydrogen-bond donors (Lipinski definition) is 0. The van der Waals surface area contributed by atoms with Gasteiger partial charge in [-0.15, -0.1) is 0 Å². The Bertz CT molecular complexity index is 1220. The van der Waals surface area contributed by atoms with Crippen LogP contribution >= 0.6 is 0 Å². The molecule has 4 aromatic rings. The van der Waals surface area contributed by atoms with Crippen molar-refractivity contribution in [3.8, 4) is 11.5 Å². The molecule has 0 atom stereocenters. The van der Waals surface area contributed by atoms with Gasteiger partial charge in [-0.2, -0.15) is 0 Å². The zero-order valence-electron chi connectivity index (χ0n) is 17.2. The second kappa shape index (κ2) is 6.91. The maximum atomic E-state index is 6.08. The first kappa shape index (κ1) is 17.6. The number of para-hydroxylation sites is 2. The Morgan fingerprint density at radius 3 is 2.70 bits per heavy atom. The molecule has 150 valence electrons. The lowest BCUT2D eigenvalue weighted by molar-refractivity contribution is -0.663. The fraction of sp³-hybridized carbons (Fsp3) is 0.269. The highest BCUT2D eigenvalue weighted by atomic mass is 16.5. The lowest BCUT2D eigenvalue weighted by Gasteiger charge is -2.11. The van der Waals surface area contributed by atoms with E-state index in [-0.39, 0.29) is 0 Å². The summed E-state index contributed by atoms with van der Waals surface area (Å²) >= 11 is 0. The summed E-state index contributed by atoms with van der Waals surface area (Å²) in [4.78, 5) is 0. The third-order valence-electron chi connectivity index (χ3n) is 6.34. The van der Waals surface area contributed by atoms with Crippen molar-refractivity contribution in [1.29, 1.82) is 0 Å². The van der Waals surface area contributed by atoms with Gasteiger partial charge in [0, 0.05) is 29.5 Å². The number of benzene rings is 3. The molecule has 0 saturated heterocycles. The van der Waals surface area contributed by atoms with Crippen LogP contribution in [-0.4, -0.2) is 17.8 Å². The van der Waals surface area contributed by atoms with Crippen molar-refractivity contribution in [2.24, 2.45) is 0 Å². The fourth-order valence-electron chi connectivity index (χ4n) is 4.81. The summed E-state index contributed by atoms with van der Waals surface area (Å²) in [5.41, 5.74) is 8.99. The topological polar surface area (TPSA) is 27.3 Å². The van der Waals surface area contributed by atoms with Crippen LogP contribution in [-0.2, 0) is 25.9 Å². The third kappa shape index (κ3) is 2.86. The van der Waals surface area contributed by atoms with Crippen LogP contribution in [0.25, 0.3) is 11.0 Å². The smallest absolute Gasteiger partial charge is 0.245 e. The van der Waals surface area contributed by atoms with Crippen molar-refractivity contribution in [2.75, 3.05) is 13.2 Å². The van der Waals surface area contributed by atoms with E-state index in [4.69, 9.17) is 9.47 Å². The average Bonchev–Trinajstić information content (AvgIpc) is 3.49. The first-order valence-corrected chi connectivity index (χ1v) is 10.7. The van der Waals surface area contributed by atoms with Crippen LogP contribution in [0.1, 0.15) is 27.8 Å². The molecule has 0 amide bonds. The summed E-state index contributed by atoms with van der Waals surface area (Å²) in [5.74, 6) is 2.14.